The third-order valence-electron chi connectivity index (χ3n) is 5.01. The van der Waals surface area contributed by atoms with Crippen molar-refractivity contribution in [2.75, 3.05) is 6.54 Å². The molecule has 0 spiro atoms. The zero-order chi connectivity index (χ0) is 20.9. The molecule has 0 aliphatic carbocycles. The molecule has 1 atom stereocenters. The SMILES string of the molecule is NC(C=O)CCCCNC(=O)CCCCCCCCCCCCCCC(=O)O. The standard InChI is InChI=1S/C22H42N2O4/c23-20(19-25)15-13-14-18-24-21(26)16-11-9-7-5-3-1-2-4-6-8-10-12-17-22(27)28/h19-20H,1-18,23H2,(H,24,26)(H,27,28). The summed E-state index contributed by atoms with van der Waals surface area (Å²) in [4.78, 5) is 32.5. The van der Waals surface area contributed by atoms with Crippen LogP contribution in [0.5, 0.6) is 0 Å². The number of carbonyl (C=O) groups is 3. The van der Waals surface area contributed by atoms with Gasteiger partial charge in [0.15, 0.2) is 0 Å². The summed E-state index contributed by atoms with van der Waals surface area (Å²) in [5.74, 6) is -0.559. The predicted molar refractivity (Wildman–Crippen MR) is 113 cm³/mol. The van der Waals surface area contributed by atoms with Crippen LogP contribution < -0.4 is 11.1 Å². The van der Waals surface area contributed by atoms with E-state index in [0.717, 1.165) is 51.2 Å². The van der Waals surface area contributed by atoms with Crippen LogP contribution in [0.2, 0.25) is 0 Å². The molecule has 0 rings (SSSR count). The Morgan fingerprint density at radius 2 is 1.21 bits per heavy atom. The molecule has 6 heteroatoms. The summed E-state index contributed by atoms with van der Waals surface area (Å²) in [5, 5.41) is 11.5. The summed E-state index contributed by atoms with van der Waals surface area (Å²) in [7, 11) is 0. The summed E-state index contributed by atoms with van der Waals surface area (Å²) in [6, 6.07) is -0.369. The van der Waals surface area contributed by atoms with Gasteiger partial charge in [-0.3, -0.25) is 9.59 Å². The quantitative estimate of drug-likeness (QED) is 0.197. The van der Waals surface area contributed by atoms with Gasteiger partial charge in [-0.1, -0.05) is 64.2 Å². The molecule has 28 heavy (non-hydrogen) atoms. The van der Waals surface area contributed by atoms with Crippen molar-refractivity contribution in [3.63, 3.8) is 0 Å². The van der Waals surface area contributed by atoms with Crippen molar-refractivity contribution in [3.05, 3.63) is 0 Å². The van der Waals surface area contributed by atoms with Crippen LogP contribution in [-0.2, 0) is 14.4 Å². The van der Waals surface area contributed by atoms with Crippen LogP contribution in [0, 0.1) is 0 Å². The van der Waals surface area contributed by atoms with Gasteiger partial charge in [-0.05, 0) is 32.1 Å². The first-order valence-corrected chi connectivity index (χ1v) is 11.3. The summed E-state index contributed by atoms with van der Waals surface area (Å²) < 4.78 is 0. The second kappa shape index (κ2) is 20.3. The van der Waals surface area contributed by atoms with Gasteiger partial charge in [0.2, 0.25) is 5.91 Å². The number of rotatable bonds is 21. The largest absolute Gasteiger partial charge is 0.481 e. The molecule has 0 aliphatic heterocycles. The van der Waals surface area contributed by atoms with Gasteiger partial charge in [0.05, 0.1) is 6.04 Å². The maximum atomic E-state index is 11.7. The van der Waals surface area contributed by atoms with Gasteiger partial charge in [0.1, 0.15) is 6.29 Å². The minimum absolute atomic E-state index is 0.128. The van der Waals surface area contributed by atoms with Crippen LogP contribution in [0.4, 0.5) is 0 Å². The van der Waals surface area contributed by atoms with Gasteiger partial charge in [-0.2, -0.15) is 0 Å². The summed E-state index contributed by atoms with van der Waals surface area (Å²) in [6.45, 7) is 0.671. The van der Waals surface area contributed by atoms with E-state index in [1.165, 1.54) is 44.9 Å². The molecule has 6 nitrogen and oxygen atoms in total. The number of aldehydes is 1. The lowest BCUT2D eigenvalue weighted by Gasteiger charge is -2.06. The lowest BCUT2D eigenvalue weighted by molar-refractivity contribution is -0.137. The molecule has 0 aliphatic rings. The molecule has 0 heterocycles. The molecule has 0 fully saturated rings. The second-order valence-electron chi connectivity index (χ2n) is 7.78. The minimum atomic E-state index is -0.686. The fourth-order valence-electron chi connectivity index (χ4n) is 3.22. The molecule has 0 aromatic rings. The average molecular weight is 399 g/mol. The Morgan fingerprint density at radius 3 is 1.68 bits per heavy atom. The minimum Gasteiger partial charge on any atom is -0.481 e. The first-order valence-electron chi connectivity index (χ1n) is 11.3. The monoisotopic (exact) mass is 398 g/mol. The summed E-state index contributed by atoms with van der Waals surface area (Å²) in [6.07, 6.45) is 17.9. The van der Waals surface area contributed by atoms with E-state index in [1.54, 1.807) is 0 Å². The molecule has 0 saturated carbocycles. The Kier molecular flexibility index (Phi) is 19.3. The van der Waals surface area contributed by atoms with Gasteiger partial charge >= 0.3 is 5.97 Å². The van der Waals surface area contributed by atoms with Crippen molar-refractivity contribution in [1.29, 1.82) is 0 Å². The van der Waals surface area contributed by atoms with Crippen LogP contribution in [0.3, 0.4) is 0 Å². The Balaban J connectivity index is 3.19. The lowest BCUT2D eigenvalue weighted by Crippen LogP contribution is -2.25. The number of unbranched alkanes of at least 4 members (excludes halogenated alkanes) is 12. The third-order valence-corrected chi connectivity index (χ3v) is 5.01. The molecule has 0 radical (unpaired) electrons. The molecule has 4 N–H and O–H groups in total. The molecular formula is C22H42N2O4. The number of carboxylic acid groups (broad SMARTS) is 1. The van der Waals surface area contributed by atoms with Crippen LogP contribution in [0.15, 0.2) is 0 Å². The first kappa shape index (κ1) is 26.6. The third kappa shape index (κ3) is 20.9. The Bertz CT molecular complexity index is 402. The number of carbonyl (C=O) groups excluding carboxylic acids is 2. The Hall–Kier alpha value is -1.43. The highest BCUT2D eigenvalue weighted by molar-refractivity contribution is 5.75. The van der Waals surface area contributed by atoms with E-state index < -0.39 is 5.97 Å². The predicted octanol–water partition coefficient (Wildman–Crippen LogP) is 4.35. The van der Waals surface area contributed by atoms with E-state index in [0.29, 0.717) is 25.8 Å². The molecule has 1 unspecified atom stereocenters. The molecule has 1 amide bonds. The molecule has 0 aromatic heterocycles. The van der Waals surface area contributed by atoms with Gasteiger partial charge < -0.3 is 21.0 Å². The molecule has 0 aromatic carbocycles. The van der Waals surface area contributed by atoms with Crippen LogP contribution in [0.25, 0.3) is 0 Å². The summed E-state index contributed by atoms with van der Waals surface area (Å²) in [5.41, 5.74) is 5.51. The van der Waals surface area contributed by atoms with Crippen molar-refractivity contribution >= 4 is 18.2 Å². The zero-order valence-corrected chi connectivity index (χ0v) is 17.6. The summed E-state index contributed by atoms with van der Waals surface area (Å²) >= 11 is 0. The Morgan fingerprint density at radius 1 is 0.750 bits per heavy atom. The van der Waals surface area contributed by atoms with Crippen LogP contribution >= 0.6 is 0 Å². The van der Waals surface area contributed by atoms with E-state index in [2.05, 4.69) is 5.32 Å². The van der Waals surface area contributed by atoms with E-state index >= 15 is 0 Å². The van der Waals surface area contributed by atoms with Gasteiger partial charge in [0.25, 0.3) is 0 Å². The Labute approximate surface area is 171 Å². The topological polar surface area (TPSA) is 109 Å². The van der Waals surface area contributed by atoms with E-state index in [-0.39, 0.29) is 11.9 Å². The van der Waals surface area contributed by atoms with E-state index in [9.17, 15) is 14.4 Å². The van der Waals surface area contributed by atoms with Crippen molar-refractivity contribution < 1.29 is 19.5 Å². The van der Waals surface area contributed by atoms with Gasteiger partial charge in [-0.25, -0.2) is 0 Å². The van der Waals surface area contributed by atoms with Gasteiger partial charge in [-0.15, -0.1) is 0 Å². The number of hydrogen-bond acceptors (Lipinski definition) is 4. The molecular weight excluding hydrogens is 356 g/mol. The lowest BCUT2D eigenvalue weighted by atomic mass is 10.0. The molecule has 0 saturated heterocycles. The molecule has 0 bridgehead atoms. The fraction of sp³-hybridized carbons (Fsp3) is 0.864. The first-order chi connectivity index (χ1) is 13.6. The van der Waals surface area contributed by atoms with E-state index in [4.69, 9.17) is 10.8 Å². The van der Waals surface area contributed by atoms with Crippen LogP contribution in [-0.4, -0.2) is 35.9 Å². The van der Waals surface area contributed by atoms with Crippen LogP contribution in [0.1, 0.15) is 109 Å². The smallest absolute Gasteiger partial charge is 0.303 e. The van der Waals surface area contributed by atoms with Crippen molar-refractivity contribution in [2.24, 2.45) is 5.73 Å². The van der Waals surface area contributed by atoms with Crippen molar-refractivity contribution in [2.45, 2.75) is 115 Å². The maximum Gasteiger partial charge on any atom is 0.303 e. The second-order valence-corrected chi connectivity index (χ2v) is 7.78. The zero-order valence-electron chi connectivity index (χ0n) is 17.6. The number of nitrogens with two attached hydrogens (primary N) is 1. The number of aliphatic carboxylic acids is 1. The fourth-order valence-corrected chi connectivity index (χ4v) is 3.22. The van der Waals surface area contributed by atoms with Crippen molar-refractivity contribution in [1.82, 2.24) is 5.32 Å². The van der Waals surface area contributed by atoms with Gasteiger partial charge in [0, 0.05) is 19.4 Å². The highest BCUT2D eigenvalue weighted by Crippen LogP contribution is 2.13. The number of hydrogen-bond donors (Lipinski definition) is 3. The maximum absolute atomic E-state index is 11.7. The van der Waals surface area contributed by atoms with Crippen molar-refractivity contribution in [3.8, 4) is 0 Å². The number of amides is 1. The highest BCUT2D eigenvalue weighted by Gasteiger charge is 2.02. The molecule has 164 valence electrons. The number of carboxylic acids is 1. The normalized spacial score (nSPS) is 11.9. The highest BCUT2D eigenvalue weighted by atomic mass is 16.4. The average Bonchev–Trinajstić information content (AvgIpc) is 2.67. The number of nitrogens with one attached hydrogen (secondary N) is 1. The van der Waals surface area contributed by atoms with E-state index in [1.807, 2.05) is 0 Å².